The second-order valence-corrected chi connectivity index (χ2v) is 7.24. The third-order valence-corrected chi connectivity index (χ3v) is 5.86. The number of aromatic nitrogens is 1. The van der Waals surface area contributed by atoms with Gasteiger partial charge in [0.25, 0.3) is 0 Å². The molecule has 1 fully saturated rings. The van der Waals surface area contributed by atoms with Crippen molar-refractivity contribution in [2.45, 2.75) is 43.5 Å². The molecule has 0 saturated heterocycles. The number of nitrogens with zero attached hydrogens (tertiary/aromatic N) is 1. The van der Waals surface area contributed by atoms with Gasteiger partial charge in [0.15, 0.2) is 0 Å². The van der Waals surface area contributed by atoms with Crippen LogP contribution in [0.3, 0.4) is 0 Å². The third-order valence-electron chi connectivity index (χ3n) is 4.39. The molecule has 1 aliphatic carbocycles. The zero-order valence-electron chi connectivity index (χ0n) is 12.3. The number of benzene rings is 1. The zero-order chi connectivity index (χ0) is 14.7. The van der Waals surface area contributed by atoms with E-state index in [9.17, 15) is 0 Å². The van der Waals surface area contributed by atoms with Crippen molar-refractivity contribution in [3.63, 3.8) is 0 Å². The molecule has 0 unspecified atom stereocenters. The molecule has 1 aliphatic rings. The van der Waals surface area contributed by atoms with Gasteiger partial charge in [0.05, 0.1) is 5.52 Å². The Morgan fingerprint density at radius 2 is 2.05 bits per heavy atom. The van der Waals surface area contributed by atoms with Gasteiger partial charge in [-0.3, -0.25) is 4.98 Å². The van der Waals surface area contributed by atoms with Gasteiger partial charge in [-0.1, -0.05) is 17.7 Å². The lowest BCUT2D eigenvalue weighted by Crippen LogP contribution is -2.33. The maximum Gasteiger partial charge on any atom is 0.0761 e. The molecule has 1 aromatic carbocycles. The first kappa shape index (κ1) is 15.1. The molecule has 0 spiro atoms. The first-order valence-corrected chi connectivity index (χ1v) is 9.23. The zero-order valence-corrected chi connectivity index (χ0v) is 13.9. The van der Waals surface area contributed by atoms with Crippen LogP contribution in [0.25, 0.3) is 10.9 Å². The predicted octanol–water partition coefficient (Wildman–Crippen LogP) is 4.65. The fourth-order valence-corrected chi connectivity index (χ4v) is 4.06. The lowest BCUT2D eigenvalue weighted by molar-refractivity contribution is 0.379. The SMILES string of the molecule is CSC1CCC(NCc2ccc(Cl)c3cccnc23)CC1. The second kappa shape index (κ2) is 6.99. The molecule has 0 amide bonds. The lowest BCUT2D eigenvalue weighted by atomic mass is 9.94. The molecule has 2 nitrogen and oxygen atoms in total. The maximum absolute atomic E-state index is 6.25. The molecule has 3 rings (SSSR count). The van der Waals surface area contributed by atoms with E-state index in [1.807, 2.05) is 36.2 Å². The number of hydrogen-bond acceptors (Lipinski definition) is 3. The van der Waals surface area contributed by atoms with Crippen LogP contribution in [0.1, 0.15) is 31.2 Å². The summed E-state index contributed by atoms with van der Waals surface area (Å²) in [5.41, 5.74) is 2.26. The molecular weight excluding hydrogens is 300 g/mol. The van der Waals surface area contributed by atoms with E-state index < -0.39 is 0 Å². The van der Waals surface area contributed by atoms with E-state index in [1.165, 1.54) is 31.2 Å². The van der Waals surface area contributed by atoms with E-state index in [0.29, 0.717) is 6.04 Å². The highest BCUT2D eigenvalue weighted by Crippen LogP contribution is 2.28. The minimum atomic E-state index is 0.642. The van der Waals surface area contributed by atoms with Crippen LogP contribution in [0.2, 0.25) is 5.02 Å². The number of fused-ring (bicyclic) bond motifs is 1. The predicted molar refractivity (Wildman–Crippen MR) is 93.2 cm³/mol. The largest absolute Gasteiger partial charge is 0.310 e. The number of thioether (sulfide) groups is 1. The van der Waals surface area contributed by atoms with Crippen LogP contribution in [0.4, 0.5) is 0 Å². The van der Waals surface area contributed by atoms with Gasteiger partial charge < -0.3 is 5.32 Å². The minimum Gasteiger partial charge on any atom is -0.310 e. The molecule has 1 N–H and O–H groups in total. The van der Waals surface area contributed by atoms with E-state index in [4.69, 9.17) is 11.6 Å². The van der Waals surface area contributed by atoms with Gasteiger partial charge in [0.2, 0.25) is 0 Å². The third kappa shape index (κ3) is 3.53. The summed E-state index contributed by atoms with van der Waals surface area (Å²) in [7, 11) is 0. The topological polar surface area (TPSA) is 24.9 Å². The molecular formula is C17H21ClN2S. The maximum atomic E-state index is 6.25. The fraction of sp³-hybridized carbons (Fsp3) is 0.471. The van der Waals surface area contributed by atoms with Crippen molar-refractivity contribution in [2.24, 2.45) is 0 Å². The van der Waals surface area contributed by atoms with Crippen LogP contribution in [-0.2, 0) is 6.54 Å². The molecule has 112 valence electrons. The van der Waals surface area contributed by atoms with Crippen molar-refractivity contribution < 1.29 is 0 Å². The van der Waals surface area contributed by atoms with Crippen molar-refractivity contribution in [2.75, 3.05) is 6.26 Å². The smallest absolute Gasteiger partial charge is 0.0761 e. The Kier molecular flexibility index (Phi) is 5.04. The Bertz CT molecular complexity index is 609. The Morgan fingerprint density at radius 3 is 2.81 bits per heavy atom. The van der Waals surface area contributed by atoms with Crippen molar-refractivity contribution in [1.82, 2.24) is 10.3 Å². The van der Waals surface area contributed by atoms with E-state index in [2.05, 4.69) is 22.6 Å². The summed E-state index contributed by atoms with van der Waals surface area (Å²) in [5, 5.41) is 6.39. The molecule has 1 aromatic heterocycles. The van der Waals surface area contributed by atoms with Crippen LogP contribution in [-0.4, -0.2) is 22.5 Å². The summed E-state index contributed by atoms with van der Waals surface area (Å²) in [6, 6.07) is 8.70. The van der Waals surface area contributed by atoms with Crippen molar-refractivity contribution in [1.29, 1.82) is 0 Å². The summed E-state index contributed by atoms with van der Waals surface area (Å²) in [6.45, 7) is 0.874. The molecule has 0 aliphatic heterocycles. The quantitative estimate of drug-likeness (QED) is 0.887. The summed E-state index contributed by atoms with van der Waals surface area (Å²) in [5.74, 6) is 0. The van der Waals surface area contributed by atoms with Gasteiger partial charge in [-0.15, -0.1) is 0 Å². The summed E-state index contributed by atoms with van der Waals surface area (Å²) >= 11 is 8.26. The van der Waals surface area contributed by atoms with E-state index in [1.54, 1.807) is 0 Å². The fourth-order valence-electron chi connectivity index (χ4n) is 3.10. The standard InChI is InChI=1S/C17H21ClN2S/c1-21-14-7-5-13(6-8-14)20-11-12-4-9-16(18)15-3-2-10-19-17(12)15/h2-4,9-10,13-14,20H,5-8,11H2,1H3. The van der Waals surface area contributed by atoms with Crippen molar-refractivity contribution in [3.05, 3.63) is 41.0 Å². The van der Waals surface area contributed by atoms with Gasteiger partial charge in [-0.25, -0.2) is 0 Å². The van der Waals surface area contributed by atoms with Crippen molar-refractivity contribution >= 4 is 34.3 Å². The Balaban J connectivity index is 1.67. The highest BCUT2D eigenvalue weighted by atomic mass is 35.5. The number of nitrogens with one attached hydrogen (secondary N) is 1. The summed E-state index contributed by atoms with van der Waals surface area (Å²) < 4.78 is 0. The molecule has 0 atom stereocenters. The van der Waals surface area contributed by atoms with Crippen LogP contribution < -0.4 is 5.32 Å². The van der Waals surface area contributed by atoms with Crippen LogP contribution in [0.5, 0.6) is 0 Å². The van der Waals surface area contributed by atoms with Crippen LogP contribution >= 0.6 is 23.4 Å². The Hall–Kier alpha value is -0.770. The molecule has 1 heterocycles. The van der Waals surface area contributed by atoms with Gasteiger partial charge in [-0.2, -0.15) is 11.8 Å². The normalized spacial score (nSPS) is 22.6. The van der Waals surface area contributed by atoms with E-state index >= 15 is 0 Å². The Morgan fingerprint density at radius 1 is 1.24 bits per heavy atom. The van der Waals surface area contributed by atoms with E-state index in [-0.39, 0.29) is 0 Å². The van der Waals surface area contributed by atoms with Crippen LogP contribution in [0.15, 0.2) is 30.5 Å². The molecule has 2 aromatic rings. The summed E-state index contributed by atoms with van der Waals surface area (Å²) in [6.07, 6.45) is 9.29. The highest BCUT2D eigenvalue weighted by Gasteiger charge is 2.20. The van der Waals surface area contributed by atoms with Crippen molar-refractivity contribution in [3.8, 4) is 0 Å². The average Bonchev–Trinajstić information content (AvgIpc) is 2.55. The lowest BCUT2D eigenvalue weighted by Gasteiger charge is -2.28. The van der Waals surface area contributed by atoms with Crippen LogP contribution in [0, 0.1) is 0 Å². The number of hydrogen-bond donors (Lipinski definition) is 1. The number of rotatable bonds is 4. The number of halogens is 1. The highest BCUT2D eigenvalue weighted by molar-refractivity contribution is 7.99. The second-order valence-electron chi connectivity index (χ2n) is 5.70. The van der Waals surface area contributed by atoms with E-state index in [0.717, 1.165) is 27.7 Å². The van der Waals surface area contributed by atoms with Gasteiger partial charge in [0.1, 0.15) is 0 Å². The monoisotopic (exact) mass is 320 g/mol. The Labute approximate surface area is 135 Å². The molecule has 21 heavy (non-hydrogen) atoms. The molecule has 1 saturated carbocycles. The minimum absolute atomic E-state index is 0.642. The first-order chi connectivity index (χ1) is 10.3. The van der Waals surface area contributed by atoms with Gasteiger partial charge >= 0.3 is 0 Å². The first-order valence-electron chi connectivity index (χ1n) is 7.56. The van der Waals surface area contributed by atoms with Gasteiger partial charge in [0, 0.05) is 34.4 Å². The molecule has 4 heteroatoms. The molecule has 0 radical (unpaired) electrons. The molecule has 0 bridgehead atoms. The average molecular weight is 321 g/mol. The van der Waals surface area contributed by atoms with Gasteiger partial charge in [-0.05, 0) is 55.7 Å². The summed E-state index contributed by atoms with van der Waals surface area (Å²) in [4.78, 5) is 4.50. The number of pyridine rings is 1.